The van der Waals surface area contributed by atoms with E-state index in [-0.39, 0.29) is 10.8 Å². The van der Waals surface area contributed by atoms with Crippen molar-refractivity contribution in [2.45, 2.75) is 51.4 Å². The second-order valence-corrected chi connectivity index (χ2v) is 6.97. The summed E-state index contributed by atoms with van der Waals surface area (Å²) in [5, 5.41) is 2.59. The van der Waals surface area contributed by atoms with Gasteiger partial charge in [-0.2, -0.15) is 0 Å². The second-order valence-electron chi connectivity index (χ2n) is 6.97. The zero-order chi connectivity index (χ0) is 15.8. The number of fused-ring (bicyclic) bond motifs is 1. The topological polar surface area (TPSA) is 55.4 Å². The molecule has 0 atom stereocenters. The molecule has 0 unspecified atom stereocenters. The molecule has 0 aliphatic heterocycles. The number of methoxy groups -OCH3 is 1. The van der Waals surface area contributed by atoms with Crippen LogP contribution in [0.4, 0.5) is 5.69 Å². The minimum absolute atomic E-state index is 0.0663. The first-order chi connectivity index (χ1) is 9.67. The molecule has 1 aromatic carbocycles. The molecule has 4 nitrogen and oxygen atoms in total. The van der Waals surface area contributed by atoms with Gasteiger partial charge in [-0.25, -0.2) is 4.79 Å². The Morgan fingerprint density at radius 2 is 1.62 bits per heavy atom. The largest absolute Gasteiger partial charge is 0.462 e. The molecule has 1 aliphatic rings. The molecule has 2 rings (SSSR count). The zero-order valence-corrected chi connectivity index (χ0v) is 13.4. The number of esters is 1. The van der Waals surface area contributed by atoms with Crippen molar-refractivity contribution in [1.82, 2.24) is 0 Å². The summed E-state index contributed by atoms with van der Waals surface area (Å²) in [7, 11) is 1.19. The number of nitrogens with one attached hydrogen (secondary N) is 1. The first-order valence-electron chi connectivity index (χ1n) is 7.22. The number of amides is 1. The lowest BCUT2D eigenvalue weighted by molar-refractivity contribution is -0.150. The maximum Gasteiger partial charge on any atom is 0.396 e. The van der Waals surface area contributed by atoms with Gasteiger partial charge in [-0.05, 0) is 46.9 Å². The summed E-state index contributed by atoms with van der Waals surface area (Å²) >= 11 is 0. The lowest BCUT2D eigenvalue weighted by atomic mass is 9.63. The Labute approximate surface area is 125 Å². The van der Waals surface area contributed by atoms with Gasteiger partial charge in [0.1, 0.15) is 0 Å². The van der Waals surface area contributed by atoms with Crippen LogP contribution in [0.15, 0.2) is 18.2 Å². The van der Waals surface area contributed by atoms with Gasteiger partial charge in [-0.3, -0.25) is 4.79 Å². The number of rotatable bonds is 1. The Kier molecular flexibility index (Phi) is 3.83. The molecule has 0 fully saturated rings. The standard InChI is InChI=1S/C17H23NO3/c1-16(2)8-9-17(3,4)13-10-11(6-7-12(13)16)18-14(19)15(20)21-5/h6-7,10H,8-9H2,1-5H3,(H,18,19). The highest BCUT2D eigenvalue weighted by atomic mass is 16.5. The van der Waals surface area contributed by atoms with Gasteiger partial charge in [-0.1, -0.05) is 33.8 Å². The molecule has 21 heavy (non-hydrogen) atoms. The summed E-state index contributed by atoms with van der Waals surface area (Å²) in [6, 6.07) is 5.89. The van der Waals surface area contributed by atoms with Crippen LogP contribution in [0.25, 0.3) is 0 Å². The summed E-state index contributed by atoms with van der Waals surface area (Å²) in [6.45, 7) is 8.92. The van der Waals surface area contributed by atoms with Gasteiger partial charge in [0.15, 0.2) is 0 Å². The van der Waals surface area contributed by atoms with E-state index in [2.05, 4.69) is 43.8 Å². The van der Waals surface area contributed by atoms with Gasteiger partial charge < -0.3 is 10.1 Å². The fourth-order valence-corrected chi connectivity index (χ4v) is 2.94. The molecule has 0 spiro atoms. The highest BCUT2D eigenvalue weighted by Gasteiger charge is 2.37. The molecule has 1 N–H and O–H groups in total. The molecule has 1 amide bonds. The van der Waals surface area contributed by atoms with E-state index in [0.29, 0.717) is 5.69 Å². The second kappa shape index (κ2) is 5.17. The molecule has 4 heteroatoms. The van der Waals surface area contributed by atoms with E-state index in [1.807, 2.05) is 12.1 Å². The highest BCUT2D eigenvalue weighted by Crippen LogP contribution is 2.46. The summed E-state index contributed by atoms with van der Waals surface area (Å²) in [5.41, 5.74) is 3.39. The lowest BCUT2D eigenvalue weighted by Crippen LogP contribution is -2.34. The van der Waals surface area contributed by atoms with E-state index >= 15 is 0 Å². The van der Waals surface area contributed by atoms with Crippen molar-refractivity contribution in [3.8, 4) is 0 Å². The average molecular weight is 289 g/mol. The molecule has 1 aromatic rings. The fourth-order valence-electron chi connectivity index (χ4n) is 2.94. The van der Waals surface area contributed by atoms with Crippen molar-refractivity contribution >= 4 is 17.6 Å². The minimum atomic E-state index is -0.882. The van der Waals surface area contributed by atoms with E-state index in [9.17, 15) is 9.59 Å². The Hall–Kier alpha value is -1.84. The van der Waals surface area contributed by atoms with Gasteiger partial charge in [0.25, 0.3) is 0 Å². The lowest BCUT2D eigenvalue weighted by Gasteiger charge is -2.42. The van der Waals surface area contributed by atoms with E-state index in [1.165, 1.54) is 18.2 Å². The number of carbonyl (C=O) groups excluding carboxylic acids is 2. The van der Waals surface area contributed by atoms with Crippen molar-refractivity contribution in [1.29, 1.82) is 0 Å². The first kappa shape index (κ1) is 15.5. The maximum atomic E-state index is 11.6. The predicted molar refractivity (Wildman–Crippen MR) is 82.4 cm³/mol. The van der Waals surface area contributed by atoms with Gasteiger partial charge in [0.2, 0.25) is 0 Å². The Morgan fingerprint density at radius 3 is 2.19 bits per heavy atom. The molecule has 0 saturated heterocycles. The van der Waals surface area contributed by atoms with E-state index in [4.69, 9.17) is 0 Å². The molecular weight excluding hydrogens is 266 g/mol. The molecule has 0 heterocycles. The molecular formula is C17H23NO3. The Balaban J connectivity index is 2.38. The SMILES string of the molecule is COC(=O)C(=O)Nc1ccc2c(c1)C(C)(C)CCC2(C)C. The third-order valence-corrected chi connectivity index (χ3v) is 4.48. The van der Waals surface area contributed by atoms with E-state index < -0.39 is 11.9 Å². The number of hydrogen-bond donors (Lipinski definition) is 1. The number of carbonyl (C=O) groups is 2. The number of benzene rings is 1. The normalized spacial score (nSPS) is 18.5. The number of hydrogen-bond acceptors (Lipinski definition) is 3. The van der Waals surface area contributed by atoms with Crippen LogP contribution >= 0.6 is 0 Å². The van der Waals surface area contributed by atoms with Crippen molar-refractivity contribution < 1.29 is 14.3 Å². The Morgan fingerprint density at radius 1 is 1.05 bits per heavy atom. The summed E-state index contributed by atoms with van der Waals surface area (Å²) in [5.74, 6) is -1.63. The van der Waals surface area contributed by atoms with Crippen LogP contribution in [0, 0.1) is 0 Å². The smallest absolute Gasteiger partial charge is 0.396 e. The summed E-state index contributed by atoms with van der Waals surface area (Å²) in [6.07, 6.45) is 2.24. The summed E-state index contributed by atoms with van der Waals surface area (Å²) < 4.78 is 4.42. The zero-order valence-electron chi connectivity index (χ0n) is 13.4. The van der Waals surface area contributed by atoms with Crippen LogP contribution < -0.4 is 5.32 Å². The highest BCUT2D eigenvalue weighted by molar-refractivity contribution is 6.37. The van der Waals surface area contributed by atoms with Crippen LogP contribution in [0.5, 0.6) is 0 Å². The monoisotopic (exact) mass is 289 g/mol. The number of anilines is 1. The summed E-state index contributed by atoms with van der Waals surface area (Å²) in [4.78, 5) is 22.8. The van der Waals surface area contributed by atoms with Gasteiger partial charge in [-0.15, -0.1) is 0 Å². The van der Waals surface area contributed by atoms with Gasteiger partial charge >= 0.3 is 11.9 Å². The van der Waals surface area contributed by atoms with E-state index in [1.54, 1.807) is 0 Å². The third kappa shape index (κ3) is 2.94. The maximum absolute atomic E-state index is 11.6. The third-order valence-electron chi connectivity index (χ3n) is 4.48. The van der Waals surface area contributed by atoms with Crippen LogP contribution in [0.3, 0.4) is 0 Å². The van der Waals surface area contributed by atoms with Gasteiger partial charge in [0.05, 0.1) is 7.11 Å². The van der Waals surface area contributed by atoms with Crippen molar-refractivity contribution in [2.24, 2.45) is 0 Å². The van der Waals surface area contributed by atoms with Crippen molar-refractivity contribution in [3.63, 3.8) is 0 Å². The first-order valence-corrected chi connectivity index (χ1v) is 7.22. The Bertz CT molecular complexity index is 588. The molecule has 0 radical (unpaired) electrons. The van der Waals surface area contributed by atoms with Gasteiger partial charge in [0, 0.05) is 5.69 Å². The minimum Gasteiger partial charge on any atom is -0.462 e. The molecule has 0 aromatic heterocycles. The van der Waals surface area contributed by atoms with Crippen molar-refractivity contribution in [2.75, 3.05) is 12.4 Å². The van der Waals surface area contributed by atoms with Crippen LogP contribution in [0.1, 0.15) is 51.7 Å². The fraction of sp³-hybridized carbons (Fsp3) is 0.529. The van der Waals surface area contributed by atoms with Crippen molar-refractivity contribution in [3.05, 3.63) is 29.3 Å². The number of ether oxygens (including phenoxy) is 1. The van der Waals surface area contributed by atoms with Crippen LogP contribution in [-0.2, 0) is 25.2 Å². The quantitative estimate of drug-likeness (QED) is 0.638. The predicted octanol–water partition coefficient (Wildman–Crippen LogP) is 3.15. The van der Waals surface area contributed by atoms with Crippen LogP contribution in [0.2, 0.25) is 0 Å². The molecule has 114 valence electrons. The average Bonchev–Trinajstić information content (AvgIpc) is 2.43. The van der Waals surface area contributed by atoms with Crippen LogP contribution in [-0.4, -0.2) is 19.0 Å². The molecule has 0 saturated carbocycles. The van der Waals surface area contributed by atoms with E-state index in [0.717, 1.165) is 12.8 Å². The molecule has 1 aliphatic carbocycles. The molecule has 0 bridgehead atoms.